The zero-order chi connectivity index (χ0) is 15.4. The monoisotopic (exact) mass is 322 g/mol. The molecular formula is C16H23ClN4O. The minimum atomic E-state index is -0.0732. The number of nitrogens with one attached hydrogen (secondary N) is 1. The van der Waals surface area contributed by atoms with E-state index < -0.39 is 0 Å². The number of nitrogens with zero attached hydrogens (tertiary/aromatic N) is 3. The molecule has 5 nitrogen and oxygen atoms in total. The van der Waals surface area contributed by atoms with Crippen LogP contribution >= 0.6 is 11.6 Å². The first-order valence-corrected chi connectivity index (χ1v) is 8.49. The number of carbonyl (C=O) groups is 1. The summed E-state index contributed by atoms with van der Waals surface area (Å²) in [4.78, 5) is 20.8. The first-order chi connectivity index (χ1) is 10.7. The average molecular weight is 323 g/mol. The third kappa shape index (κ3) is 4.11. The molecule has 0 radical (unpaired) electrons. The second kappa shape index (κ2) is 7.29. The van der Waals surface area contributed by atoms with E-state index in [1.165, 1.54) is 32.4 Å². The molecule has 2 aliphatic rings. The number of rotatable bonds is 3. The molecule has 1 unspecified atom stereocenters. The van der Waals surface area contributed by atoms with Crippen molar-refractivity contribution < 1.29 is 4.79 Å². The number of halogens is 1. The smallest absolute Gasteiger partial charge is 0.323 e. The molecule has 2 fully saturated rings. The summed E-state index contributed by atoms with van der Waals surface area (Å²) in [7, 11) is 0. The summed E-state index contributed by atoms with van der Waals surface area (Å²) in [5.41, 5.74) is 0. The maximum absolute atomic E-state index is 12.3. The highest BCUT2D eigenvalue weighted by atomic mass is 35.5. The van der Waals surface area contributed by atoms with Crippen LogP contribution in [0.2, 0.25) is 5.15 Å². The van der Waals surface area contributed by atoms with Gasteiger partial charge in [-0.3, -0.25) is 5.32 Å². The Bertz CT molecular complexity index is 519. The first kappa shape index (κ1) is 15.6. The number of hydrogen-bond donors (Lipinski definition) is 1. The van der Waals surface area contributed by atoms with Crippen LogP contribution in [0.3, 0.4) is 0 Å². The Morgan fingerprint density at radius 2 is 2.09 bits per heavy atom. The summed E-state index contributed by atoms with van der Waals surface area (Å²) in [5, 5.41) is 3.22. The Morgan fingerprint density at radius 3 is 2.86 bits per heavy atom. The minimum absolute atomic E-state index is 0.0732. The van der Waals surface area contributed by atoms with E-state index in [-0.39, 0.29) is 6.03 Å². The van der Waals surface area contributed by atoms with Gasteiger partial charge in [0.25, 0.3) is 0 Å². The number of carbonyl (C=O) groups excluding carboxylic acids is 1. The molecule has 0 spiro atoms. The average Bonchev–Trinajstić information content (AvgIpc) is 2.97. The van der Waals surface area contributed by atoms with E-state index in [1.807, 2.05) is 4.90 Å². The fourth-order valence-corrected chi connectivity index (χ4v) is 3.50. The van der Waals surface area contributed by atoms with E-state index >= 15 is 0 Å². The molecule has 2 amide bonds. The van der Waals surface area contributed by atoms with Crippen molar-refractivity contribution in [3.05, 3.63) is 23.4 Å². The minimum Gasteiger partial charge on any atom is -0.324 e. The standard InChI is InChI=1S/C16H23ClN4O/c17-14-5-4-6-15(18-14)19-16(22)21-10-7-13(12-21)11-20-8-2-1-3-9-20/h4-6,13H,1-3,7-12H2,(H,18,19,22). The molecule has 3 heterocycles. The van der Waals surface area contributed by atoms with Crippen LogP contribution in [0.1, 0.15) is 25.7 Å². The van der Waals surface area contributed by atoms with E-state index in [0.717, 1.165) is 26.1 Å². The normalized spacial score (nSPS) is 22.8. The summed E-state index contributed by atoms with van der Waals surface area (Å²) >= 11 is 5.84. The number of aromatic nitrogens is 1. The third-order valence-corrected chi connectivity index (χ3v) is 4.70. The van der Waals surface area contributed by atoms with Crippen LogP contribution in [0.4, 0.5) is 10.6 Å². The summed E-state index contributed by atoms with van der Waals surface area (Å²) in [6.07, 6.45) is 5.09. The van der Waals surface area contributed by atoms with Crippen LogP contribution in [0.25, 0.3) is 0 Å². The van der Waals surface area contributed by atoms with Gasteiger partial charge in [0.1, 0.15) is 11.0 Å². The predicted molar refractivity (Wildman–Crippen MR) is 88.2 cm³/mol. The number of anilines is 1. The molecule has 1 aromatic rings. The SMILES string of the molecule is O=C(Nc1cccc(Cl)n1)N1CCC(CN2CCCCC2)C1. The van der Waals surface area contributed by atoms with Gasteiger partial charge in [0.05, 0.1) is 0 Å². The van der Waals surface area contributed by atoms with Gasteiger partial charge in [0.2, 0.25) is 0 Å². The van der Waals surface area contributed by atoms with E-state index in [0.29, 0.717) is 16.9 Å². The summed E-state index contributed by atoms with van der Waals surface area (Å²) in [5.74, 6) is 1.10. The van der Waals surface area contributed by atoms with Gasteiger partial charge in [-0.2, -0.15) is 0 Å². The molecule has 0 bridgehead atoms. The fraction of sp³-hybridized carbons (Fsp3) is 0.625. The lowest BCUT2D eigenvalue weighted by Crippen LogP contribution is -2.37. The molecule has 1 N–H and O–H groups in total. The first-order valence-electron chi connectivity index (χ1n) is 8.11. The summed E-state index contributed by atoms with van der Waals surface area (Å²) in [6.45, 7) is 5.22. The maximum Gasteiger partial charge on any atom is 0.323 e. The van der Waals surface area contributed by atoms with Gasteiger partial charge in [-0.1, -0.05) is 24.1 Å². The van der Waals surface area contributed by atoms with E-state index in [1.54, 1.807) is 18.2 Å². The lowest BCUT2D eigenvalue weighted by atomic mass is 10.1. The van der Waals surface area contributed by atoms with Crippen molar-refractivity contribution in [3.8, 4) is 0 Å². The van der Waals surface area contributed by atoms with Crippen molar-refractivity contribution in [1.29, 1.82) is 0 Å². The second-order valence-electron chi connectivity index (χ2n) is 6.24. The van der Waals surface area contributed by atoms with Gasteiger partial charge in [-0.05, 0) is 50.4 Å². The van der Waals surface area contributed by atoms with Gasteiger partial charge in [-0.15, -0.1) is 0 Å². The quantitative estimate of drug-likeness (QED) is 0.870. The highest BCUT2D eigenvalue weighted by Crippen LogP contribution is 2.20. The number of likely N-dealkylation sites (tertiary alicyclic amines) is 2. The van der Waals surface area contributed by atoms with Crippen molar-refractivity contribution in [3.63, 3.8) is 0 Å². The lowest BCUT2D eigenvalue weighted by Gasteiger charge is -2.28. The molecule has 0 aromatic carbocycles. The number of urea groups is 1. The highest BCUT2D eigenvalue weighted by molar-refractivity contribution is 6.29. The van der Waals surface area contributed by atoms with Crippen molar-refractivity contribution in [2.75, 3.05) is 38.0 Å². The molecule has 2 aliphatic heterocycles. The summed E-state index contributed by atoms with van der Waals surface area (Å²) < 4.78 is 0. The van der Waals surface area contributed by atoms with Crippen LogP contribution in [0, 0.1) is 5.92 Å². The van der Waals surface area contributed by atoms with Gasteiger partial charge in [0, 0.05) is 19.6 Å². The van der Waals surface area contributed by atoms with Gasteiger partial charge >= 0.3 is 6.03 Å². The molecule has 6 heteroatoms. The zero-order valence-corrected chi connectivity index (χ0v) is 13.6. The molecular weight excluding hydrogens is 300 g/mol. The Balaban J connectivity index is 1.48. The molecule has 0 saturated carbocycles. The third-order valence-electron chi connectivity index (χ3n) is 4.49. The van der Waals surface area contributed by atoms with Crippen molar-refractivity contribution in [1.82, 2.24) is 14.8 Å². The molecule has 2 saturated heterocycles. The van der Waals surface area contributed by atoms with Gasteiger partial charge in [0.15, 0.2) is 0 Å². The van der Waals surface area contributed by atoms with Crippen molar-refractivity contribution in [2.45, 2.75) is 25.7 Å². The van der Waals surface area contributed by atoms with Crippen LogP contribution < -0.4 is 5.32 Å². The molecule has 1 aromatic heterocycles. The summed E-state index contributed by atoms with van der Waals surface area (Å²) in [6, 6.07) is 5.16. The predicted octanol–water partition coefficient (Wildman–Crippen LogP) is 3.07. The number of hydrogen-bond acceptors (Lipinski definition) is 3. The molecule has 1 atom stereocenters. The zero-order valence-electron chi connectivity index (χ0n) is 12.8. The van der Waals surface area contributed by atoms with E-state index in [9.17, 15) is 4.79 Å². The Morgan fingerprint density at radius 1 is 1.27 bits per heavy atom. The van der Waals surface area contributed by atoms with Gasteiger partial charge < -0.3 is 9.80 Å². The van der Waals surface area contributed by atoms with Crippen LogP contribution in [0.5, 0.6) is 0 Å². The van der Waals surface area contributed by atoms with Gasteiger partial charge in [-0.25, -0.2) is 9.78 Å². The van der Waals surface area contributed by atoms with Crippen molar-refractivity contribution in [2.24, 2.45) is 5.92 Å². The second-order valence-corrected chi connectivity index (χ2v) is 6.62. The molecule has 120 valence electrons. The van der Waals surface area contributed by atoms with E-state index in [2.05, 4.69) is 15.2 Å². The van der Waals surface area contributed by atoms with Crippen LogP contribution in [-0.4, -0.2) is 53.5 Å². The van der Waals surface area contributed by atoms with Crippen LogP contribution in [0.15, 0.2) is 18.2 Å². The van der Waals surface area contributed by atoms with E-state index in [4.69, 9.17) is 11.6 Å². The lowest BCUT2D eigenvalue weighted by molar-refractivity contribution is 0.192. The number of amides is 2. The van der Waals surface area contributed by atoms with Crippen LogP contribution in [-0.2, 0) is 0 Å². The Kier molecular flexibility index (Phi) is 5.16. The highest BCUT2D eigenvalue weighted by Gasteiger charge is 2.28. The maximum atomic E-state index is 12.3. The Labute approximate surface area is 136 Å². The fourth-order valence-electron chi connectivity index (χ4n) is 3.34. The number of pyridine rings is 1. The topological polar surface area (TPSA) is 48.5 Å². The molecule has 0 aliphatic carbocycles. The number of piperidine rings is 1. The van der Waals surface area contributed by atoms with Crippen molar-refractivity contribution >= 4 is 23.4 Å². The Hall–Kier alpha value is -1.33. The molecule has 22 heavy (non-hydrogen) atoms. The largest absolute Gasteiger partial charge is 0.324 e. The molecule has 3 rings (SSSR count).